The van der Waals surface area contributed by atoms with Crippen molar-refractivity contribution in [3.8, 4) is 0 Å². The molecule has 0 aromatic carbocycles. The standard InChI is InChI=1S/C13H29NOSi.C2HF3O2/c1-9(2)16(10(3)4,11(5)6)15-13-7-12(14)8-13;3-2(4,5)1(6)7/h9-13H,7-8,14H2,1-6H3;(H,6,7). The van der Waals surface area contributed by atoms with E-state index >= 15 is 0 Å². The fourth-order valence-corrected chi connectivity index (χ4v) is 8.99. The number of nitrogens with two attached hydrogens (primary N) is 1. The van der Waals surface area contributed by atoms with Crippen LogP contribution in [-0.4, -0.2) is 37.7 Å². The van der Waals surface area contributed by atoms with Gasteiger partial charge in [-0.3, -0.25) is 0 Å². The van der Waals surface area contributed by atoms with E-state index in [9.17, 15) is 13.2 Å². The molecule has 0 bridgehead atoms. The third-order valence-corrected chi connectivity index (χ3v) is 10.6. The minimum absolute atomic E-state index is 0.392. The lowest BCUT2D eigenvalue weighted by atomic mass is 9.91. The first-order chi connectivity index (χ1) is 10.2. The molecule has 0 radical (unpaired) electrons. The number of carbonyl (C=O) groups is 1. The van der Waals surface area contributed by atoms with Gasteiger partial charge in [-0.25, -0.2) is 4.79 Å². The SMILES string of the molecule is CC(C)[Si](OC1CC(N)C1)(C(C)C)C(C)C.O=C(O)C(F)(F)F. The van der Waals surface area contributed by atoms with Gasteiger partial charge in [-0.2, -0.15) is 13.2 Å². The fourth-order valence-electron chi connectivity index (χ4n) is 3.40. The lowest BCUT2D eigenvalue weighted by Crippen LogP contribution is -2.54. The lowest BCUT2D eigenvalue weighted by Gasteiger charge is -2.48. The second kappa shape index (κ2) is 8.48. The van der Waals surface area contributed by atoms with Gasteiger partial charge in [0.1, 0.15) is 0 Å². The van der Waals surface area contributed by atoms with Gasteiger partial charge in [0, 0.05) is 12.1 Å². The molecule has 0 spiro atoms. The van der Waals surface area contributed by atoms with E-state index in [1.54, 1.807) is 0 Å². The summed E-state index contributed by atoms with van der Waals surface area (Å²) in [5.41, 5.74) is 7.91. The number of hydrogen-bond acceptors (Lipinski definition) is 3. The van der Waals surface area contributed by atoms with Crippen LogP contribution in [0.5, 0.6) is 0 Å². The Balaban J connectivity index is 0.000000585. The number of alkyl halides is 3. The molecule has 3 N–H and O–H groups in total. The Morgan fingerprint density at radius 1 is 1.09 bits per heavy atom. The van der Waals surface area contributed by atoms with Gasteiger partial charge < -0.3 is 15.3 Å². The molecule has 1 aliphatic rings. The highest BCUT2D eigenvalue weighted by molar-refractivity contribution is 6.77. The Labute approximate surface area is 137 Å². The zero-order chi connectivity index (χ0) is 18.6. The van der Waals surface area contributed by atoms with Gasteiger partial charge in [0.25, 0.3) is 0 Å². The second-order valence-electron chi connectivity index (χ2n) is 7.09. The van der Waals surface area contributed by atoms with Gasteiger partial charge in [0.05, 0.1) is 0 Å². The van der Waals surface area contributed by atoms with Crippen LogP contribution in [0.4, 0.5) is 13.2 Å². The number of aliphatic carboxylic acids is 1. The summed E-state index contributed by atoms with van der Waals surface area (Å²) in [5.74, 6) is -2.76. The van der Waals surface area contributed by atoms with Crippen LogP contribution in [0.25, 0.3) is 0 Å². The lowest BCUT2D eigenvalue weighted by molar-refractivity contribution is -0.192. The number of rotatable bonds is 5. The van der Waals surface area contributed by atoms with Crippen molar-refractivity contribution in [1.82, 2.24) is 0 Å². The van der Waals surface area contributed by atoms with Crippen LogP contribution in [-0.2, 0) is 9.22 Å². The van der Waals surface area contributed by atoms with Gasteiger partial charge in [0.2, 0.25) is 8.32 Å². The number of halogens is 3. The van der Waals surface area contributed by atoms with E-state index in [0.717, 1.165) is 12.8 Å². The Morgan fingerprint density at radius 2 is 1.39 bits per heavy atom. The predicted molar refractivity (Wildman–Crippen MR) is 86.8 cm³/mol. The minimum Gasteiger partial charge on any atom is -0.475 e. The molecule has 0 unspecified atom stereocenters. The predicted octanol–water partition coefficient (Wildman–Crippen LogP) is 4.30. The normalized spacial score (nSPS) is 22.0. The first kappa shape index (κ1) is 22.4. The average molecular weight is 357 g/mol. The van der Waals surface area contributed by atoms with E-state index < -0.39 is 20.5 Å². The van der Waals surface area contributed by atoms with Crippen molar-refractivity contribution in [2.75, 3.05) is 0 Å². The summed E-state index contributed by atoms with van der Waals surface area (Å²) in [6.45, 7) is 14.0. The number of carboxylic acids is 1. The summed E-state index contributed by atoms with van der Waals surface area (Å²) in [5, 5.41) is 7.12. The molecule has 0 aromatic heterocycles. The van der Waals surface area contributed by atoms with Crippen LogP contribution in [0.1, 0.15) is 54.4 Å². The smallest absolute Gasteiger partial charge is 0.475 e. The average Bonchev–Trinajstić information content (AvgIpc) is 2.31. The van der Waals surface area contributed by atoms with E-state index in [-0.39, 0.29) is 0 Å². The highest BCUT2D eigenvalue weighted by Crippen LogP contribution is 2.44. The van der Waals surface area contributed by atoms with Crippen LogP contribution < -0.4 is 5.73 Å². The highest BCUT2D eigenvalue weighted by atomic mass is 28.4. The number of carboxylic acid groups (broad SMARTS) is 1. The van der Waals surface area contributed by atoms with Crippen LogP contribution >= 0.6 is 0 Å². The van der Waals surface area contributed by atoms with Crippen LogP contribution in [0, 0.1) is 0 Å². The van der Waals surface area contributed by atoms with E-state index in [1.807, 2.05) is 0 Å². The van der Waals surface area contributed by atoms with Crippen molar-refractivity contribution in [3.63, 3.8) is 0 Å². The molecule has 0 amide bonds. The van der Waals surface area contributed by atoms with E-state index in [2.05, 4.69) is 41.5 Å². The highest BCUT2D eigenvalue weighted by Gasteiger charge is 2.48. The van der Waals surface area contributed by atoms with E-state index in [0.29, 0.717) is 28.8 Å². The molecular weight excluding hydrogens is 327 g/mol. The second-order valence-corrected chi connectivity index (χ2v) is 12.5. The molecule has 8 heteroatoms. The third-order valence-electron chi connectivity index (χ3n) is 4.45. The topological polar surface area (TPSA) is 72.5 Å². The van der Waals surface area contributed by atoms with Crippen molar-refractivity contribution < 1.29 is 27.5 Å². The van der Waals surface area contributed by atoms with Crippen LogP contribution in [0.2, 0.25) is 16.6 Å². The third kappa shape index (κ3) is 6.08. The van der Waals surface area contributed by atoms with Crippen molar-refractivity contribution in [2.45, 2.75) is 89.3 Å². The molecule has 23 heavy (non-hydrogen) atoms. The van der Waals surface area contributed by atoms with E-state index in [1.165, 1.54) is 0 Å². The van der Waals surface area contributed by atoms with Crippen molar-refractivity contribution >= 4 is 14.3 Å². The van der Waals surface area contributed by atoms with Gasteiger partial charge in [-0.05, 0) is 29.5 Å². The maximum Gasteiger partial charge on any atom is 0.490 e. The monoisotopic (exact) mass is 357 g/mol. The van der Waals surface area contributed by atoms with Crippen molar-refractivity contribution in [1.29, 1.82) is 0 Å². The van der Waals surface area contributed by atoms with E-state index in [4.69, 9.17) is 20.1 Å². The largest absolute Gasteiger partial charge is 0.490 e. The quantitative estimate of drug-likeness (QED) is 0.720. The maximum absolute atomic E-state index is 10.6. The first-order valence-electron chi connectivity index (χ1n) is 7.98. The summed E-state index contributed by atoms with van der Waals surface area (Å²) >= 11 is 0. The summed E-state index contributed by atoms with van der Waals surface area (Å²) in [6.07, 6.45) is -2.49. The molecule has 138 valence electrons. The molecule has 0 atom stereocenters. The molecule has 4 nitrogen and oxygen atoms in total. The van der Waals surface area contributed by atoms with Crippen molar-refractivity contribution in [3.05, 3.63) is 0 Å². The Kier molecular flexibility index (Phi) is 8.26. The molecule has 0 heterocycles. The molecule has 1 saturated carbocycles. The minimum atomic E-state index is -5.08. The van der Waals surface area contributed by atoms with Crippen molar-refractivity contribution in [2.24, 2.45) is 5.73 Å². The maximum atomic E-state index is 10.6. The fraction of sp³-hybridized carbons (Fsp3) is 0.933. The summed E-state index contributed by atoms with van der Waals surface area (Å²) < 4.78 is 38.3. The zero-order valence-electron chi connectivity index (χ0n) is 14.8. The van der Waals surface area contributed by atoms with Crippen LogP contribution in [0.3, 0.4) is 0 Å². The van der Waals surface area contributed by atoms with Gasteiger partial charge >= 0.3 is 12.1 Å². The van der Waals surface area contributed by atoms with Gasteiger partial charge in [-0.15, -0.1) is 0 Å². The van der Waals surface area contributed by atoms with Crippen LogP contribution in [0.15, 0.2) is 0 Å². The summed E-state index contributed by atoms with van der Waals surface area (Å²) in [6, 6.07) is 0.392. The summed E-state index contributed by atoms with van der Waals surface area (Å²) in [4.78, 5) is 8.90. The molecule has 0 aromatic rings. The van der Waals surface area contributed by atoms with Gasteiger partial charge in [-0.1, -0.05) is 41.5 Å². The summed E-state index contributed by atoms with van der Waals surface area (Å²) in [7, 11) is -1.65. The molecule has 0 saturated heterocycles. The number of hydrogen-bond donors (Lipinski definition) is 2. The molecule has 1 rings (SSSR count). The zero-order valence-corrected chi connectivity index (χ0v) is 15.8. The Hall–Kier alpha value is -0.603. The molecule has 0 aliphatic heterocycles. The molecular formula is C15H30F3NO3Si. The van der Waals surface area contributed by atoms with Gasteiger partial charge in [0.15, 0.2) is 0 Å². The Morgan fingerprint density at radius 3 is 1.57 bits per heavy atom. The first-order valence-corrected chi connectivity index (χ1v) is 10.1. The Bertz CT molecular complexity index is 359. The molecule has 1 fully saturated rings. The molecule has 1 aliphatic carbocycles.